The summed E-state index contributed by atoms with van der Waals surface area (Å²) in [6, 6.07) is 20.5. The quantitative estimate of drug-likeness (QED) is 0.0651. The lowest BCUT2D eigenvalue weighted by atomic mass is 9.99. The summed E-state index contributed by atoms with van der Waals surface area (Å²) in [5.74, 6) is 0.844. The summed E-state index contributed by atoms with van der Waals surface area (Å²) >= 11 is 6.52. The van der Waals surface area contributed by atoms with Gasteiger partial charge in [0.25, 0.3) is 5.91 Å². The first-order valence-corrected chi connectivity index (χ1v) is 25.7. The molecule has 0 radical (unpaired) electrons. The fourth-order valence-corrected chi connectivity index (χ4v) is 8.57. The number of halogens is 1. The summed E-state index contributed by atoms with van der Waals surface area (Å²) in [5, 5.41) is 5.16. The zero-order chi connectivity index (χ0) is 47.6. The number of hydrogen-bond acceptors (Lipinski definition) is 8. The van der Waals surface area contributed by atoms with Crippen molar-refractivity contribution in [2.45, 2.75) is 131 Å². The molecule has 65 heavy (non-hydrogen) atoms. The van der Waals surface area contributed by atoms with Crippen LogP contribution in [0.1, 0.15) is 113 Å². The van der Waals surface area contributed by atoms with Gasteiger partial charge in [0.1, 0.15) is 22.7 Å². The standard InChI is InChI=1S/C51H66ClN5O7Si/c1-34-42(30-44(54(34)11)43-29-36(52)19-24-41(43)47(59)62-49(2,3)4)46(58)57(37-20-22-39(23-21-37)64-65(12,13)51(8,9)10)38-31-53-56(33-38)26-14-15-28-61-45-18-16-17-35-32-55(27-25-40(35)45)48(60)63-50(5,6)7/h16-24,29-31,33H,14-15,25-28,32H2,1-13H3. The number of aryl methyl sites for hydroxylation is 1. The molecule has 12 nitrogen and oxygen atoms in total. The zero-order valence-corrected chi connectivity index (χ0v) is 42.2. The fraction of sp³-hybridized carbons (Fsp3) is 0.451. The second-order valence-corrected chi connectivity index (χ2v) is 25.5. The van der Waals surface area contributed by atoms with Crippen molar-refractivity contribution in [2.75, 3.05) is 18.1 Å². The van der Waals surface area contributed by atoms with E-state index >= 15 is 4.79 Å². The van der Waals surface area contributed by atoms with E-state index in [1.807, 2.05) is 119 Å². The Kier molecular flexibility index (Phi) is 14.4. The average Bonchev–Trinajstić information content (AvgIpc) is 3.79. The van der Waals surface area contributed by atoms with Gasteiger partial charge in [-0.2, -0.15) is 5.10 Å². The third kappa shape index (κ3) is 11.8. The first-order chi connectivity index (χ1) is 30.3. The van der Waals surface area contributed by atoms with Crippen LogP contribution in [-0.4, -0.2) is 69.9 Å². The predicted octanol–water partition coefficient (Wildman–Crippen LogP) is 12.3. The van der Waals surface area contributed by atoms with Crippen molar-refractivity contribution in [1.29, 1.82) is 0 Å². The molecule has 0 bridgehead atoms. The summed E-state index contributed by atoms with van der Waals surface area (Å²) in [6.07, 6.45) is 5.56. The molecule has 5 aromatic rings. The molecule has 0 unspecified atom stereocenters. The minimum atomic E-state index is -2.12. The minimum Gasteiger partial charge on any atom is -0.544 e. The van der Waals surface area contributed by atoms with Crippen LogP contribution in [0.15, 0.2) is 79.1 Å². The summed E-state index contributed by atoms with van der Waals surface area (Å²) in [5.41, 5.74) is 4.89. The van der Waals surface area contributed by atoms with Gasteiger partial charge in [-0.3, -0.25) is 14.4 Å². The van der Waals surface area contributed by atoms with E-state index in [2.05, 4.69) is 33.9 Å². The molecule has 0 fully saturated rings. The molecule has 6 rings (SSSR count). The smallest absolute Gasteiger partial charge is 0.410 e. The number of amides is 2. The number of hydrogen-bond donors (Lipinski definition) is 0. The van der Waals surface area contributed by atoms with E-state index in [0.717, 1.165) is 35.5 Å². The van der Waals surface area contributed by atoms with Crippen LogP contribution in [-0.2, 0) is 36.0 Å². The van der Waals surface area contributed by atoms with Crippen LogP contribution < -0.4 is 14.1 Å². The molecule has 0 N–H and O–H groups in total. The Morgan fingerprint density at radius 1 is 0.846 bits per heavy atom. The lowest BCUT2D eigenvalue weighted by molar-refractivity contribution is 0.00694. The molecule has 0 atom stereocenters. The van der Waals surface area contributed by atoms with Crippen LogP contribution in [0.2, 0.25) is 23.2 Å². The van der Waals surface area contributed by atoms with Gasteiger partial charge in [0.2, 0.25) is 8.32 Å². The highest BCUT2D eigenvalue weighted by atomic mass is 35.5. The summed E-state index contributed by atoms with van der Waals surface area (Å²) in [6.45, 7) is 26.2. The number of anilines is 2. The van der Waals surface area contributed by atoms with Crippen molar-refractivity contribution >= 4 is 49.3 Å². The maximum absolute atomic E-state index is 15.0. The number of carbonyl (C=O) groups excluding carboxylic acids is 3. The number of aromatic nitrogens is 3. The lowest BCUT2D eigenvalue weighted by Crippen LogP contribution is -2.43. The van der Waals surface area contributed by atoms with Crippen molar-refractivity contribution in [1.82, 2.24) is 19.2 Å². The van der Waals surface area contributed by atoms with E-state index in [4.69, 9.17) is 35.3 Å². The third-order valence-corrected chi connectivity index (χ3v) is 16.5. The fourth-order valence-electron chi connectivity index (χ4n) is 7.37. The molecular formula is C51H66ClN5O7Si. The highest BCUT2D eigenvalue weighted by Crippen LogP contribution is 2.39. The van der Waals surface area contributed by atoms with Crippen LogP contribution in [0.4, 0.5) is 16.2 Å². The van der Waals surface area contributed by atoms with E-state index < -0.39 is 25.5 Å². The van der Waals surface area contributed by atoms with E-state index in [1.165, 1.54) is 0 Å². The highest BCUT2D eigenvalue weighted by Gasteiger charge is 2.39. The van der Waals surface area contributed by atoms with Crippen LogP contribution >= 0.6 is 11.6 Å². The molecule has 348 valence electrons. The number of rotatable bonds is 13. The lowest BCUT2D eigenvalue weighted by Gasteiger charge is -2.36. The van der Waals surface area contributed by atoms with Crippen molar-refractivity contribution in [3.8, 4) is 22.8 Å². The topological polar surface area (TPSA) is 117 Å². The normalized spacial score (nSPS) is 13.3. The summed E-state index contributed by atoms with van der Waals surface area (Å²) in [7, 11) is -0.254. The average molecular weight is 925 g/mol. The number of benzene rings is 3. The van der Waals surface area contributed by atoms with Crippen LogP contribution in [0, 0.1) is 6.92 Å². The monoisotopic (exact) mass is 923 g/mol. The first-order valence-electron chi connectivity index (χ1n) is 22.4. The Morgan fingerprint density at radius 2 is 1.54 bits per heavy atom. The molecule has 3 heterocycles. The number of fused-ring (bicyclic) bond motifs is 1. The van der Waals surface area contributed by atoms with Gasteiger partial charge in [-0.1, -0.05) is 44.5 Å². The molecule has 0 spiro atoms. The molecule has 14 heteroatoms. The van der Waals surface area contributed by atoms with Crippen LogP contribution in [0.25, 0.3) is 11.3 Å². The van der Waals surface area contributed by atoms with Gasteiger partial charge in [-0.25, -0.2) is 9.59 Å². The third-order valence-electron chi connectivity index (χ3n) is 11.9. The van der Waals surface area contributed by atoms with E-state index in [-0.39, 0.29) is 17.0 Å². The van der Waals surface area contributed by atoms with Gasteiger partial charge in [0, 0.05) is 66.1 Å². The van der Waals surface area contributed by atoms with E-state index in [9.17, 15) is 9.59 Å². The SMILES string of the molecule is Cc1c(C(=O)N(c2ccc(O[Si](C)(C)C(C)(C)C)cc2)c2cnn(CCCCOc3cccc4c3CCN(C(=O)OC(C)(C)C)C4)c2)cc(-c2cc(Cl)ccc2C(=O)OC(C)(C)C)n1C. The number of carbonyl (C=O) groups is 3. The minimum absolute atomic E-state index is 0.0113. The maximum Gasteiger partial charge on any atom is 0.410 e. The summed E-state index contributed by atoms with van der Waals surface area (Å²) in [4.78, 5) is 44.6. The van der Waals surface area contributed by atoms with Crippen molar-refractivity contribution in [2.24, 2.45) is 7.05 Å². The first kappa shape index (κ1) is 48.9. The Labute approximate surface area is 390 Å². The van der Waals surface area contributed by atoms with Gasteiger partial charge >= 0.3 is 12.1 Å². The molecule has 1 aliphatic heterocycles. The molecule has 0 aliphatic carbocycles. The molecule has 2 aromatic heterocycles. The predicted molar refractivity (Wildman–Crippen MR) is 260 cm³/mol. The number of unbranched alkanes of at least 4 members (excludes halogenated alkanes) is 1. The van der Waals surface area contributed by atoms with Gasteiger partial charge in [0.05, 0.1) is 29.6 Å². The molecule has 3 aromatic carbocycles. The Morgan fingerprint density at radius 3 is 2.20 bits per heavy atom. The van der Waals surface area contributed by atoms with Crippen molar-refractivity contribution in [3.05, 3.63) is 112 Å². The maximum atomic E-state index is 15.0. The molecular weight excluding hydrogens is 858 g/mol. The number of nitrogens with zero attached hydrogens (tertiary/aromatic N) is 5. The van der Waals surface area contributed by atoms with E-state index in [1.54, 1.807) is 34.2 Å². The number of ether oxygens (including phenoxy) is 3. The molecule has 0 saturated carbocycles. The number of esters is 1. The van der Waals surface area contributed by atoms with Crippen LogP contribution in [0.5, 0.6) is 11.5 Å². The Balaban J connectivity index is 1.21. The second-order valence-electron chi connectivity index (χ2n) is 20.3. The van der Waals surface area contributed by atoms with E-state index in [0.29, 0.717) is 77.1 Å². The van der Waals surface area contributed by atoms with Gasteiger partial charge in [0.15, 0.2) is 0 Å². The van der Waals surface area contributed by atoms with Gasteiger partial charge in [-0.05, 0) is 146 Å². The molecule has 1 aliphatic rings. The van der Waals surface area contributed by atoms with Crippen molar-refractivity contribution in [3.63, 3.8) is 0 Å². The van der Waals surface area contributed by atoms with Gasteiger partial charge in [-0.15, -0.1) is 0 Å². The largest absolute Gasteiger partial charge is 0.544 e. The highest BCUT2D eigenvalue weighted by molar-refractivity contribution is 6.74. The zero-order valence-electron chi connectivity index (χ0n) is 40.4. The summed E-state index contributed by atoms with van der Waals surface area (Å²) < 4.78 is 28.0. The second kappa shape index (κ2) is 19.1. The van der Waals surface area contributed by atoms with Gasteiger partial charge < -0.3 is 28.1 Å². The van der Waals surface area contributed by atoms with Crippen LogP contribution in [0.3, 0.4) is 0 Å². The van der Waals surface area contributed by atoms with Crippen molar-refractivity contribution < 1.29 is 33.0 Å². The Bertz CT molecular complexity index is 2520. The Hall–Kier alpha value is -5.53. The molecule has 2 amide bonds. The molecule has 0 saturated heterocycles.